The van der Waals surface area contributed by atoms with Crippen LogP contribution in [0.2, 0.25) is 5.15 Å². The molecule has 86 valence electrons. The maximum atomic E-state index is 11.7. The monoisotopic (exact) mass is 241 g/mol. The van der Waals surface area contributed by atoms with Crippen LogP contribution in [0.1, 0.15) is 6.42 Å². The Balaban J connectivity index is 2.43. The van der Waals surface area contributed by atoms with Gasteiger partial charge < -0.3 is 16.0 Å². The number of halogens is 1. The van der Waals surface area contributed by atoms with Crippen LogP contribution in [0.25, 0.3) is 0 Å². The summed E-state index contributed by atoms with van der Waals surface area (Å²) in [4.78, 5) is 21.1. The molecule has 1 aromatic rings. The van der Waals surface area contributed by atoms with Gasteiger partial charge in [0.2, 0.25) is 5.91 Å². The molecule has 1 saturated heterocycles. The van der Waals surface area contributed by atoms with Gasteiger partial charge in [0, 0.05) is 26.1 Å². The lowest BCUT2D eigenvalue weighted by atomic mass is 10.3. The van der Waals surface area contributed by atoms with Crippen molar-refractivity contribution in [3.8, 4) is 0 Å². The van der Waals surface area contributed by atoms with E-state index < -0.39 is 0 Å². The number of hydrogen-bond acceptors (Lipinski definition) is 5. The standard InChI is InChI=1S/C9H12ClN5O/c1-12-9-7(8(10)13-4-14-9)15-3-5(11)2-6(15)16/h4-5H,2-3,11H2,1H3,(H,12,13,14). The fourth-order valence-corrected chi connectivity index (χ4v) is 1.97. The average molecular weight is 242 g/mol. The van der Waals surface area contributed by atoms with Gasteiger partial charge in [-0.15, -0.1) is 0 Å². The molecular weight excluding hydrogens is 230 g/mol. The van der Waals surface area contributed by atoms with E-state index in [9.17, 15) is 4.79 Å². The summed E-state index contributed by atoms with van der Waals surface area (Å²) in [5.41, 5.74) is 6.23. The summed E-state index contributed by atoms with van der Waals surface area (Å²) in [6.45, 7) is 0.445. The van der Waals surface area contributed by atoms with Gasteiger partial charge in [-0.2, -0.15) is 0 Å². The number of nitrogens with one attached hydrogen (secondary N) is 1. The van der Waals surface area contributed by atoms with Gasteiger partial charge in [-0.3, -0.25) is 4.79 Å². The Bertz CT molecular complexity index is 424. The van der Waals surface area contributed by atoms with Crippen LogP contribution in [0.15, 0.2) is 6.33 Å². The van der Waals surface area contributed by atoms with Crippen molar-refractivity contribution < 1.29 is 4.79 Å². The van der Waals surface area contributed by atoms with Gasteiger partial charge in [-0.05, 0) is 0 Å². The number of amides is 1. The van der Waals surface area contributed by atoms with Crippen LogP contribution in [0.3, 0.4) is 0 Å². The minimum atomic E-state index is -0.159. The number of nitrogens with zero attached hydrogens (tertiary/aromatic N) is 3. The van der Waals surface area contributed by atoms with Crippen LogP contribution in [-0.4, -0.2) is 35.5 Å². The highest BCUT2D eigenvalue weighted by atomic mass is 35.5. The second-order valence-electron chi connectivity index (χ2n) is 3.58. The van der Waals surface area contributed by atoms with Crippen molar-refractivity contribution in [2.75, 3.05) is 23.8 Å². The molecule has 1 aliphatic rings. The molecule has 1 unspecified atom stereocenters. The third-order valence-electron chi connectivity index (χ3n) is 2.44. The zero-order valence-corrected chi connectivity index (χ0v) is 9.53. The fourth-order valence-electron chi connectivity index (χ4n) is 1.73. The molecule has 3 N–H and O–H groups in total. The predicted octanol–water partition coefficient (Wildman–Crippen LogP) is 0.236. The van der Waals surface area contributed by atoms with E-state index in [1.165, 1.54) is 11.2 Å². The van der Waals surface area contributed by atoms with Crippen LogP contribution in [0, 0.1) is 0 Å². The molecule has 1 amide bonds. The number of carbonyl (C=O) groups is 1. The highest BCUT2D eigenvalue weighted by Gasteiger charge is 2.31. The maximum Gasteiger partial charge on any atom is 0.228 e. The molecule has 0 bridgehead atoms. The van der Waals surface area contributed by atoms with Crippen molar-refractivity contribution in [1.29, 1.82) is 0 Å². The van der Waals surface area contributed by atoms with Crippen molar-refractivity contribution in [2.45, 2.75) is 12.5 Å². The minimum absolute atomic E-state index is 0.0549. The van der Waals surface area contributed by atoms with Crippen LogP contribution >= 0.6 is 11.6 Å². The van der Waals surface area contributed by atoms with E-state index in [4.69, 9.17) is 17.3 Å². The molecule has 2 heterocycles. The van der Waals surface area contributed by atoms with Gasteiger partial charge in [-0.25, -0.2) is 9.97 Å². The molecule has 1 atom stereocenters. The Hall–Kier alpha value is -1.40. The number of anilines is 2. The van der Waals surface area contributed by atoms with Gasteiger partial charge in [0.15, 0.2) is 11.0 Å². The second-order valence-corrected chi connectivity index (χ2v) is 3.94. The molecule has 6 nitrogen and oxygen atoms in total. The number of rotatable bonds is 2. The van der Waals surface area contributed by atoms with Crippen molar-refractivity contribution in [3.05, 3.63) is 11.5 Å². The van der Waals surface area contributed by atoms with Gasteiger partial charge >= 0.3 is 0 Å². The van der Waals surface area contributed by atoms with Crippen molar-refractivity contribution >= 4 is 29.0 Å². The third-order valence-corrected chi connectivity index (χ3v) is 2.72. The van der Waals surface area contributed by atoms with Crippen LogP contribution in [-0.2, 0) is 4.79 Å². The SMILES string of the molecule is CNc1ncnc(Cl)c1N1CC(N)CC1=O. The molecule has 1 fully saturated rings. The lowest BCUT2D eigenvalue weighted by Crippen LogP contribution is -2.29. The maximum absolute atomic E-state index is 11.7. The number of aromatic nitrogens is 2. The summed E-state index contributed by atoms with van der Waals surface area (Å²) in [7, 11) is 1.71. The van der Waals surface area contributed by atoms with E-state index in [2.05, 4.69) is 15.3 Å². The van der Waals surface area contributed by atoms with E-state index in [-0.39, 0.29) is 17.1 Å². The molecule has 0 aromatic carbocycles. The van der Waals surface area contributed by atoms with Crippen LogP contribution < -0.4 is 16.0 Å². The average Bonchev–Trinajstić information content (AvgIpc) is 2.57. The molecule has 2 rings (SSSR count). The molecule has 0 aliphatic carbocycles. The molecule has 7 heteroatoms. The van der Waals surface area contributed by atoms with E-state index in [1.807, 2.05) is 0 Å². The molecule has 16 heavy (non-hydrogen) atoms. The first-order chi connectivity index (χ1) is 7.63. The quantitative estimate of drug-likeness (QED) is 0.725. The first kappa shape index (κ1) is 11.1. The fraction of sp³-hybridized carbons (Fsp3) is 0.444. The number of nitrogens with two attached hydrogens (primary N) is 1. The number of carbonyl (C=O) groups excluding carboxylic acids is 1. The number of hydrogen-bond donors (Lipinski definition) is 2. The summed E-state index contributed by atoms with van der Waals surface area (Å²) in [6, 6.07) is -0.159. The highest BCUT2D eigenvalue weighted by molar-refractivity contribution is 6.33. The lowest BCUT2D eigenvalue weighted by Gasteiger charge is -2.19. The second kappa shape index (κ2) is 4.23. The van der Waals surface area contributed by atoms with Crippen molar-refractivity contribution in [2.24, 2.45) is 5.73 Å². The van der Waals surface area contributed by atoms with Gasteiger partial charge in [0.25, 0.3) is 0 Å². The molecule has 1 aliphatic heterocycles. The topological polar surface area (TPSA) is 84.1 Å². The normalized spacial score (nSPS) is 20.3. The summed E-state index contributed by atoms with van der Waals surface area (Å²) < 4.78 is 0. The lowest BCUT2D eigenvalue weighted by molar-refractivity contribution is -0.117. The Morgan fingerprint density at radius 2 is 2.38 bits per heavy atom. The van der Waals surface area contributed by atoms with E-state index in [0.29, 0.717) is 24.5 Å². The Morgan fingerprint density at radius 1 is 1.62 bits per heavy atom. The van der Waals surface area contributed by atoms with Gasteiger partial charge in [0.05, 0.1) is 0 Å². The van der Waals surface area contributed by atoms with E-state index >= 15 is 0 Å². The molecule has 0 spiro atoms. The van der Waals surface area contributed by atoms with Gasteiger partial charge in [0.1, 0.15) is 12.0 Å². The Labute approximate surface area is 97.8 Å². The summed E-state index contributed by atoms with van der Waals surface area (Å²) in [5, 5.41) is 3.13. The smallest absolute Gasteiger partial charge is 0.228 e. The third kappa shape index (κ3) is 1.81. The summed E-state index contributed by atoms with van der Waals surface area (Å²) >= 11 is 5.98. The van der Waals surface area contributed by atoms with Crippen LogP contribution in [0.4, 0.5) is 11.5 Å². The first-order valence-corrected chi connectivity index (χ1v) is 5.25. The summed E-state index contributed by atoms with van der Waals surface area (Å²) in [6.07, 6.45) is 1.67. The summed E-state index contributed by atoms with van der Waals surface area (Å²) in [5.74, 6) is 0.475. The molecule has 0 radical (unpaired) electrons. The highest BCUT2D eigenvalue weighted by Crippen LogP contribution is 2.32. The van der Waals surface area contributed by atoms with E-state index in [1.54, 1.807) is 7.05 Å². The molecular formula is C9H12ClN5O. The zero-order valence-electron chi connectivity index (χ0n) is 8.77. The zero-order chi connectivity index (χ0) is 11.7. The predicted molar refractivity (Wildman–Crippen MR) is 61.5 cm³/mol. The Morgan fingerprint density at radius 3 is 2.94 bits per heavy atom. The van der Waals surface area contributed by atoms with E-state index in [0.717, 1.165) is 0 Å². The van der Waals surface area contributed by atoms with Crippen LogP contribution in [0.5, 0.6) is 0 Å². The molecule has 0 saturated carbocycles. The minimum Gasteiger partial charge on any atom is -0.371 e. The largest absolute Gasteiger partial charge is 0.371 e. The van der Waals surface area contributed by atoms with Crippen molar-refractivity contribution in [3.63, 3.8) is 0 Å². The van der Waals surface area contributed by atoms with Crippen molar-refractivity contribution in [1.82, 2.24) is 9.97 Å². The molecule has 1 aromatic heterocycles. The first-order valence-electron chi connectivity index (χ1n) is 4.87. The van der Waals surface area contributed by atoms with Gasteiger partial charge in [-0.1, -0.05) is 11.6 Å². The Kier molecular flexibility index (Phi) is 2.93.